The van der Waals surface area contributed by atoms with Gasteiger partial charge in [-0.25, -0.2) is 0 Å². The van der Waals surface area contributed by atoms with Crippen LogP contribution < -0.4 is 10.1 Å². The van der Waals surface area contributed by atoms with Crippen LogP contribution >= 0.6 is 0 Å². The fourth-order valence-corrected chi connectivity index (χ4v) is 3.16. The van der Waals surface area contributed by atoms with E-state index in [1.807, 2.05) is 0 Å². The van der Waals surface area contributed by atoms with E-state index in [1.165, 1.54) is 18.5 Å². The highest BCUT2D eigenvalue weighted by molar-refractivity contribution is 5.33. The van der Waals surface area contributed by atoms with E-state index in [-0.39, 0.29) is 0 Å². The lowest BCUT2D eigenvalue weighted by Gasteiger charge is -2.21. The molecule has 1 N–H and O–H groups in total. The summed E-state index contributed by atoms with van der Waals surface area (Å²) in [6.45, 7) is 11.8. The van der Waals surface area contributed by atoms with Gasteiger partial charge < -0.3 is 10.1 Å². The summed E-state index contributed by atoms with van der Waals surface area (Å²) in [5.74, 6) is 1.85. The van der Waals surface area contributed by atoms with Gasteiger partial charge >= 0.3 is 0 Å². The minimum Gasteiger partial charge on any atom is -0.492 e. The molecule has 1 aromatic rings. The van der Waals surface area contributed by atoms with Crippen LogP contribution in [0.5, 0.6) is 5.75 Å². The van der Waals surface area contributed by atoms with Gasteiger partial charge in [0.25, 0.3) is 0 Å². The minimum absolute atomic E-state index is 0.699. The largest absolute Gasteiger partial charge is 0.492 e. The van der Waals surface area contributed by atoms with Crippen molar-refractivity contribution in [2.75, 3.05) is 26.2 Å². The van der Waals surface area contributed by atoms with Crippen LogP contribution in [0, 0.1) is 5.92 Å². The molecule has 1 heterocycles. The number of hydrogen-bond acceptors (Lipinski definition) is 3. The normalized spacial score (nSPS) is 22.6. The lowest BCUT2D eigenvalue weighted by Crippen LogP contribution is -2.31. The molecule has 1 aliphatic rings. The number of ether oxygens (including phenoxy) is 1. The standard InChI is InChI=1S/C18H30N2O/c1-4-9-19-13-17-7-5-6-8-18(17)21-11-10-20-14-15(2)12-16(20)3/h5-8,15-16,19H,4,9-14H2,1-3H3. The average molecular weight is 290 g/mol. The molecule has 2 atom stereocenters. The highest BCUT2D eigenvalue weighted by Crippen LogP contribution is 2.22. The second-order valence-electron chi connectivity index (χ2n) is 6.32. The van der Waals surface area contributed by atoms with Crippen molar-refractivity contribution in [3.8, 4) is 5.75 Å². The zero-order chi connectivity index (χ0) is 15.1. The average Bonchev–Trinajstić information content (AvgIpc) is 2.79. The van der Waals surface area contributed by atoms with Crippen LogP contribution in [-0.4, -0.2) is 37.2 Å². The summed E-state index contributed by atoms with van der Waals surface area (Å²) in [5, 5.41) is 3.45. The minimum atomic E-state index is 0.699. The van der Waals surface area contributed by atoms with Crippen molar-refractivity contribution in [3.63, 3.8) is 0 Å². The quantitative estimate of drug-likeness (QED) is 0.744. The number of benzene rings is 1. The first-order valence-electron chi connectivity index (χ1n) is 8.36. The summed E-state index contributed by atoms with van der Waals surface area (Å²) < 4.78 is 6.03. The Balaban J connectivity index is 1.80. The van der Waals surface area contributed by atoms with Crippen molar-refractivity contribution in [3.05, 3.63) is 29.8 Å². The Morgan fingerprint density at radius 3 is 2.81 bits per heavy atom. The predicted octanol–water partition coefficient (Wildman–Crippen LogP) is 3.30. The molecule has 1 aliphatic heterocycles. The van der Waals surface area contributed by atoms with E-state index in [1.54, 1.807) is 0 Å². The summed E-state index contributed by atoms with van der Waals surface area (Å²) in [7, 11) is 0. The molecule has 0 spiro atoms. The molecule has 0 saturated carbocycles. The molecular formula is C18H30N2O. The molecule has 2 rings (SSSR count). The SMILES string of the molecule is CCCNCc1ccccc1OCCN1CC(C)CC1C. The number of rotatable bonds is 8. The van der Waals surface area contributed by atoms with E-state index in [0.717, 1.165) is 44.3 Å². The summed E-state index contributed by atoms with van der Waals surface area (Å²) >= 11 is 0. The zero-order valence-corrected chi connectivity index (χ0v) is 13.8. The van der Waals surface area contributed by atoms with Gasteiger partial charge in [-0.05, 0) is 38.3 Å². The Hall–Kier alpha value is -1.06. The van der Waals surface area contributed by atoms with Gasteiger partial charge in [-0.2, -0.15) is 0 Å². The van der Waals surface area contributed by atoms with Crippen LogP contribution in [0.1, 0.15) is 39.2 Å². The summed E-state index contributed by atoms with van der Waals surface area (Å²) in [6, 6.07) is 9.07. The molecule has 0 radical (unpaired) electrons. The molecular weight excluding hydrogens is 260 g/mol. The van der Waals surface area contributed by atoms with E-state index in [4.69, 9.17) is 4.74 Å². The number of likely N-dealkylation sites (tertiary alicyclic amines) is 1. The van der Waals surface area contributed by atoms with Crippen molar-refractivity contribution in [2.24, 2.45) is 5.92 Å². The first kappa shape index (κ1) is 16.3. The van der Waals surface area contributed by atoms with Crippen molar-refractivity contribution in [2.45, 2.75) is 46.2 Å². The van der Waals surface area contributed by atoms with Gasteiger partial charge in [-0.15, -0.1) is 0 Å². The maximum atomic E-state index is 6.03. The van der Waals surface area contributed by atoms with Crippen LogP contribution in [0.15, 0.2) is 24.3 Å². The smallest absolute Gasteiger partial charge is 0.123 e. The molecule has 2 unspecified atom stereocenters. The predicted molar refractivity (Wildman–Crippen MR) is 88.8 cm³/mol. The van der Waals surface area contributed by atoms with Gasteiger partial charge in [0.15, 0.2) is 0 Å². The Morgan fingerprint density at radius 2 is 2.10 bits per heavy atom. The van der Waals surface area contributed by atoms with Gasteiger partial charge in [0.05, 0.1) is 0 Å². The van der Waals surface area contributed by atoms with Crippen LogP contribution in [0.2, 0.25) is 0 Å². The van der Waals surface area contributed by atoms with Crippen molar-refractivity contribution in [1.82, 2.24) is 10.2 Å². The van der Waals surface area contributed by atoms with Gasteiger partial charge in [-0.1, -0.05) is 32.0 Å². The molecule has 118 valence electrons. The molecule has 0 aromatic heterocycles. The van der Waals surface area contributed by atoms with Crippen molar-refractivity contribution in [1.29, 1.82) is 0 Å². The molecule has 0 aliphatic carbocycles. The summed E-state index contributed by atoms with van der Waals surface area (Å²) in [5.41, 5.74) is 1.26. The van der Waals surface area contributed by atoms with E-state index in [9.17, 15) is 0 Å². The van der Waals surface area contributed by atoms with Gasteiger partial charge in [0.1, 0.15) is 12.4 Å². The van der Waals surface area contributed by atoms with E-state index in [2.05, 4.69) is 55.3 Å². The van der Waals surface area contributed by atoms with Gasteiger partial charge in [0.2, 0.25) is 0 Å². The third-order valence-electron chi connectivity index (χ3n) is 4.26. The van der Waals surface area contributed by atoms with Crippen LogP contribution in [-0.2, 0) is 6.54 Å². The molecule has 0 amide bonds. The highest BCUT2D eigenvalue weighted by atomic mass is 16.5. The summed E-state index contributed by atoms with van der Waals surface area (Å²) in [6.07, 6.45) is 2.48. The first-order valence-corrected chi connectivity index (χ1v) is 8.36. The Bertz CT molecular complexity index is 421. The van der Waals surface area contributed by atoms with E-state index in [0.29, 0.717) is 6.04 Å². The Kier molecular flexibility index (Phi) is 6.52. The van der Waals surface area contributed by atoms with Crippen LogP contribution in [0.4, 0.5) is 0 Å². The third kappa shape index (κ3) is 5.01. The Labute approximate surface area is 129 Å². The number of hydrogen-bond donors (Lipinski definition) is 1. The maximum Gasteiger partial charge on any atom is 0.123 e. The molecule has 0 bridgehead atoms. The first-order chi connectivity index (χ1) is 10.2. The van der Waals surface area contributed by atoms with Crippen LogP contribution in [0.3, 0.4) is 0 Å². The van der Waals surface area contributed by atoms with Gasteiger partial charge in [0, 0.05) is 31.2 Å². The zero-order valence-electron chi connectivity index (χ0n) is 13.8. The third-order valence-corrected chi connectivity index (χ3v) is 4.26. The molecule has 3 heteroatoms. The molecule has 1 aromatic carbocycles. The molecule has 1 saturated heterocycles. The second kappa shape index (κ2) is 8.40. The fourth-order valence-electron chi connectivity index (χ4n) is 3.16. The number of para-hydroxylation sites is 1. The lowest BCUT2D eigenvalue weighted by atomic mass is 10.1. The van der Waals surface area contributed by atoms with Crippen molar-refractivity contribution >= 4 is 0 Å². The summed E-state index contributed by atoms with van der Waals surface area (Å²) in [4.78, 5) is 2.54. The fraction of sp³-hybridized carbons (Fsp3) is 0.667. The maximum absolute atomic E-state index is 6.03. The van der Waals surface area contributed by atoms with Crippen molar-refractivity contribution < 1.29 is 4.74 Å². The second-order valence-corrected chi connectivity index (χ2v) is 6.32. The van der Waals surface area contributed by atoms with Gasteiger partial charge in [-0.3, -0.25) is 4.90 Å². The van der Waals surface area contributed by atoms with E-state index < -0.39 is 0 Å². The molecule has 1 fully saturated rings. The number of nitrogens with one attached hydrogen (secondary N) is 1. The lowest BCUT2D eigenvalue weighted by molar-refractivity contribution is 0.201. The van der Waals surface area contributed by atoms with E-state index >= 15 is 0 Å². The molecule has 21 heavy (non-hydrogen) atoms. The number of nitrogens with zero attached hydrogens (tertiary/aromatic N) is 1. The molecule has 3 nitrogen and oxygen atoms in total. The monoisotopic (exact) mass is 290 g/mol. The highest BCUT2D eigenvalue weighted by Gasteiger charge is 2.25. The topological polar surface area (TPSA) is 24.5 Å². The van der Waals surface area contributed by atoms with Crippen LogP contribution in [0.25, 0.3) is 0 Å². The Morgan fingerprint density at radius 1 is 1.29 bits per heavy atom.